The highest BCUT2D eigenvalue weighted by atomic mass is 32.2. The number of thiazole rings is 1. The van der Waals surface area contributed by atoms with Crippen molar-refractivity contribution in [3.63, 3.8) is 0 Å². The van der Waals surface area contributed by atoms with Crippen molar-refractivity contribution in [3.05, 3.63) is 64.5 Å². The van der Waals surface area contributed by atoms with Crippen LogP contribution in [0.5, 0.6) is 0 Å². The second-order valence-corrected chi connectivity index (χ2v) is 10.7. The van der Waals surface area contributed by atoms with Gasteiger partial charge in [0, 0.05) is 30.1 Å². The third-order valence-electron chi connectivity index (χ3n) is 5.65. The van der Waals surface area contributed by atoms with Crippen molar-refractivity contribution in [2.24, 2.45) is 0 Å². The van der Waals surface area contributed by atoms with Crippen LogP contribution in [-0.2, 0) is 9.84 Å². The van der Waals surface area contributed by atoms with Gasteiger partial charge in [0.25, 0.3) is 0 Å². The molecule has 4 rings (SSSR count). The molecule has 0 saturated carbocycles. The van der Waals surface area contributed by atoms with E-state index in [2.05, 4.69) is 36.9 Å². The molecule has 30 heavy (non-hydrogen) atoms. The zero-order chi connectivity index (χ0) is 21.5. The average molecular weight is 449 g/mol. The monoisotopic (exact) mass is 448 g/mol. The van der Waals surface area contributed by atoms with E-state index in [0.29, 0.717) is 32.0 Å². The number of benzene rings is 2. The summed E-state index contributed by atoms with van der Waals surface area (Å²) in [5, 5.41) is 2.18. The van der Waals surface area contributed by atoms with Crippen molar-refractivity contribution >= 4 is 26.3 Å². The first kappa shape index (κ1) is 20.9. The lowest BCUT2D eigenvalue weighted by Crippen LogP contribution is -2.39. The fourth-order valence-corrected chi connectivity index (χ4v) is 6.35. The second-order valence-electron chi connectivity index (χ2n) is 7.62. The number of aryl methyl sites for hydroxylation is 2. The molecule has 0 N–H and O–H groups in total. The summed E-state index contributed by atoms with van der Waals surface area (Å²) in [5.41, 5.74) is 4.40. The Morgan fingerprint density at radius 2 is 1.77 bits per heavy atom. The molecule has 0 amide bonds. The number of nitrogens with zero attached hydrogens (tertiary/aromatic N) is 2. The predicted octanol–water partition coefficient (Wildman–Crippen LogP) is 5.15. The Balaban J connectivity index is 1.47. The predicted molar refractivity (Wildman–Crippen MR) is 116 cm³/mol. The average Bonchev–Trinajstić information content (AvgIpc) is 3.20. The van der Waals surface area contributed by atoms with Crippen LogP contribution in [0.3, 0.4) is 0 Å². The van der Waals surface area contributed by atoms with E-state index in [1.54, 1.807) is 0 Å². The summed E-state index contributed by atoms with van der Waals surface area (Å²) in [4.78, 5) is 6.39. The molecular weight excluding hydrogens is 426 g/mol. The summed E-state index contributed by atoms with van der Waals surface area (Å²) in [6, 6.07) is 8.86. The second kappa shape index (κ2) is 8.07. The lowest BCUT2D eigenvalue weighted by molar-refractivity contribution is 0.516. The molecule has 1 aliphatic rings. The Morgan fingerprint density at radius 3 is 2.43 bits per heavy atom. The van der Waals surface area contributed by atoms with Gasteiger partial charge in [-0.1, -0.05) is 12.1 Å². The van der Waals surface area contributed by atoms with E-state index in [0.717, 1.165) is 28.5 Å². The molecule has 4 nitrogen and oxygen atoms in total. The first-order chi connectivity index (χ1) is 14.3. The van der Waals surface area contributed by atoms with Gasteiger partial charge in [0.1, 0.15) is 16.5 Å². The summed E-state index contributed by atoms with van der Waals surface area (Å²) >= 11 is 1.53. The van der Waals surface area contributed by atoms with Gasteiger partial charge >= 0.3 is 0 Å². The Bertz CT molecular complexity index is 1180. The molecular formula is C22H22F2N2O2S2. The molecule has 1 aliphatic heterocycles. The van der Waals surface area contributed by atoms with Crippen LogP contribution < -0.4 is 4.90 Å². The van der Waals surface area contributed by atoms with Crippen LogP contribution >= 0.6 is 11.3 Å². The number of sulfone groups is 1. The maximum atomic E-state index is 14.0. The summed E-state index contributed by atoms with van der Waals surface area (Å²) in [6.45, 7) is 5.18. The van der Waals surface area contributed by atoms with Crippen LogP contribution in [0.15, 0.2) is 46.7 Å². The molecule has 0 spiro atoms. The van der Waals surface area contributed by atoms with Gasteiger partial charge in [-0.05, 0) is 56.0 Å². The lowest BCUT2D eigenvalue weighted by atomic mass is 10.1. The number of aromatic nitrogens is 1. The zero-order valence-corrected chi connectivity index (χ0v) is 18.4. The van der Waals surface area contributed by atoms with Crippen LogP contribution in [-0.4, -0.2) is 31.7 Å². The van der Waals surface area contributed by atoms with Gasteiger partial charge in [-0.3, -0.25) is 0 Å². The number of halogens is 2. The van der Waals surface area contributed by atoms with E-state index in [1.807, 2.05) is 5.38 Å². The molecule has 3 aromatic rings. The minimum Gasteiger partial charge on any atom is -0.348 e. The lowest BCUT2D eigenvalue weighted by Gasteiger charge is -2.31. The van der Waals surface area contributed by atoms with E-state index in [9.17, 15) is 17.2 Å². The largest absolute Gasteiger partial charge is 0.348 e. The van der Waals surface area contributed by atoms with E-state index in [4.69, 9.17) is 4.98 Å². The van der Waals surface area contributed by atoms with Gasteiger partial charge in [-0.25, -0.2) is 22.2 Å². The molecule has 0 bridgehead atoms. The minimum atomic E-state index is -3.85. The summed E-state index contributed by atoms with van der Waals surface area (Å²) in [5.74, 6) is -1.82. The van der Waals surface area contributed by atoms with Gasteiger partial charge in [-0.15, -0.1) is 11.3 Å². The van der Waals surface area contributed by atoms with Crippen LogP contribution in [0, 0.1) is 25.5 Å². The van der Waals surface area contributed by atoms with Gasteiger partial charge in [0.05, 0.1) is 10.9 Å². The molecule has 0 aliphatic carbocycles. The van der Waals surface area contributed by atoms with Crippen LogP contribution in [0.25, 0.3) is 11.3 Å². The van der Waals surface area contributed by atoms with Crippen LogP contribution in [0.1, 0.15) is 24.0 Å². The van der Waals surface area contributed by atoms with E-state index in [1.165, 1.54) is 22.5 Å². The number of anilines is 1. The maximum absolute atomic E-state index is 14.0. The van der Waals surface area contributed by atoms with Crippen LogP contribution in [0.2, 0.25) is 0 Å². The molecule has 0 atom stereocenters. The molecule has 1 fully saturated rings. The first-order valence-electron chi connectivity index (χ1n) is 9.73. The topological polar surface area (TPSA) is 50.3 Å². The molecule has 2 heterocycles. The summed E-state index contributed by atoms with van der Waals surface area (Å²) < 4.78 is 52.8. The minimum absolute atomic E-state index is 0.373. The molecule has 158 valence electrons. The molecule has 8 heteroatoms. The van der Waals surface area contributed by atoms with Crippen molar-refractivity contribution in [2.45, 2.75) is 36.8 Å². The maximum Gasteiger partial charge on any atom is 0.185 e. The highest BCUT2D eigenvalue weighted by molar-refractivity contribution is 7.92. The Kier molecular flexibility index (Phi) is 5.63. The quantitative estimate of drug-likeness (QED) is 0.518. The van der Waals surface area contributed by atoms with Gasteiger partial charge in [-0.2, -0.15) is 0 Å². The number of piperidine rings is 1. The van der Waals surface area contributed by atoms with Crippen molar-refractivity contribution in [1.29, 1.82) is 0 Å². The number of hydrogen-bond acceptors (Lipinski definition) is 5. The number of rotatable bonds is 4. The van der Waals surface area contributed by atoms with Gasteiger partial charge in [0.15, 0.2) is 15.0 Å². The molecule has 2 aromatic carbocycles. The van der Waals surface area contributed by atoms with Crippen molar-refractivity contribution < 1.29 is 17.2 Å². The normalized spacial score (nSPS) is 15.5. The fourth-order valence-electron chi connectivity index (χ4n) is 3.69. The summed E-state index contributed by atoms with van der Waals surface area (Å²) in [6.07, 6.45) is 0.745. The Hall–Kier alpha value is -2.32. The van der Waals surface area contributed by atoms with Gasteiger partial charge < -0.3 is 4.90 Å². The van der Waals surface area contributed by atoms with Crippen LogP contribution in [0.4, 0.5) is 13.9 Å². The van der Waals surface area contributed by atoms with Crippen molar-refractivity contribution in [2.75, 3.05) is 18.0 Å². The van der Waals surface area contributed by atoms with Gasteiger partial charge in [0.2, 0.25) is 0 Å². The third kappa shape index (κ3) is 3.98. The van der Waals surface area contributed by atoms with Crippen molar-refractivity contribution in [3.8, 4) is 11.3 Å². The Morgan fingerprint density at radius 1 is 1.03 bits per heavy atom. The zero-order valence-electron chi connectivity index (χ0n) is 16.7. The van der Waals surface area contributed by atoms with E-state index >= 15 is 0 Å². The molecule has 0 radical (unpaired) electrons. The molecule has 1 aromatic heterocycles. The Labute approximate surface area is 179 Å². The third-order valence-corrected chi connectivity index (χ3v) is 8.84. The smallest absolute Gasteiger partial charge is 0.185 e. The fraction of sp³-hybridized carbons (Fsp3) is 0.318. The highest BCUT2D eigenvalue weighted by Crippen LogP contribution is 2.32. The molecule has 0 unspecified atom stereocenters. The molecule has 1 saturated heterocycles. The highest BCUT2D eigenvalue weighted by Gasteiger charge is 2.34. The van der Waals surface area contributed by atoms with Crippen molar-refractivity contribution in [1.82, 2.24) is 4.98 Å². The number of hydrogen-bond donors (Lipinski definition) is 0. The standard InChI is InChI=1S/C22H22F2N2O2S2/c1-14-3-4-16(11-15(14)2)20-13-29-22(25-20)26-9-7-18(8-10-26)30(27,28)21-6-5-17(23)12-19(21)24/h3-6,11-13,18H,7-10H2,1-2H3. The summed E-state index contributed by atoms with van der Waals surface area (Å²) in [7, 11) is -3.85. The van der Waals surface area contributed by atoms with E-state index in [-0.39, 0.29) is 0 Å². The first-order valence-corrected chi connectivity index (χ1v) is 12.2. The van der Waals surface area contributed by atoms with E-state index < -0.39 is 31.6 Å². The SMILES string of the molecule is Cc1ccc(-c2csc(N3CCC(S(=O)(=O)c4ccc(F)cc4F)CC3)n2)cc1C.